The van der Waals surface area contributed by atoms with Gasteiger partial charge in [-0.15, -0.1) is 0 Å². The molecule has 3 aromatic carbocycles. The summed E-state index contributed by atoms with van der Waals surface area (Å²) in [6, 6.07) is 16.5. The van der Waals surface area contributed by atoms with E-state index in [1.807, 2.05) is 13.8 Å². The van der Waals surface area contributed by atoms with Crippen LogP contribution in [0, 0.1) is 0 Å². The standard InChI is InChI=1S/C30H34BrCl2N3O5S/c1-4-6-17-34-30(38)21(3)35(19-22-7-10-24(32)18-28(22)33)29(37)20-36(25-11-13-26(14-12-25)41-5-2)42(39,40)27-15-8-23(31)9-16-27/h7-16,18,21H,4-6,17,19-20H2,1-3H3,(H,34,38). The number of amides is 2. The van der Waals surface area contributed by atoms with Crippen LogP contribution in [0.15, 0.2) is 76.1 Å². The Balaban J connectivity index is 2.03. The maximum Gasteiger partial charge on any atom is 0.264 e. The van der Waals surface area contributed by atoms with Gasteiger partial charge in [-0.2, -0.15) is 0 Å². The molecule has 0 aliphatic rings. The molecule has 2 amide bonds. The van der Waals surface area contributed by atoms with Crippen molar-refractivity contribution in [2.24, 2.45) is 0 Å². The van der Waals surface area contributed by atoms with Gasteiger partial charge in [0, 0.05) is 27.6 Å². The van der Waals surface area contributed by atoms with Crippen molar-refractivity contribution >= 4 is 66.7 Å². The Kier molecular flexibility index (Phi) is 12.5. The molecule has 0 aromatic heterocycles. The highest BCUT2D eigenvalue weighted by Crippen LogP contribution is 2.28. The summed E-state index contributed by atoms with van der Waals surface area (Å²) in [6.07, 6.45) is 1.68. The van der Waals surface area contributed by atoms with Gasteiger partial charge < -0.3 is 15.0 Å². The van der Waals surface area contributed by atoms with Gasteiger partial charge in [0.1, 0.15) is 18.3 Å². The second-order valence-electron chi connectivity index (χ2n) is 9.47. The number of benzene rings is 3. The lowest BCUT2D eigenvalue weighted by molar-refractivity contribution is -0.139. The zero-order valence-electron chi connectivity index (χ0n) is 23.6. The minimum absolute atomic E-state index is 0.00466. The van der Waals surface area contributed by atoms with Crippen LogP contribution in [0.4, 0.5) is 5.69 Å². The number of nitrogens with one attached hydrogen (secondary N) is 1. The van der Waals surface area contributed by atoms with Crippen molar-refractivity contribution in [1.82, 2.24) is 10.2 Å². The summed E-state index contributed by atoms with van der Waals surface area (Å²) in [5.74, 6) is -0.385. The lowest BCUT2D eigenvalue weighted by Crippen LogP contribution is -2.51. The molecule has 3 rings (SSSR count). The SMILES string of the molecule is CCCCNC(=O)C(C)N(Cc1ccc(Cl)cc1Cl)C(=O)CN(c1ccc(OCC)cc1)S(=O)(=O)c1ccc(Br)cc1. The molecule has 8 nitrogen and oxygen atoms in total. The molecule has 0 saturated heterocycles. The lowest BCUT2D eigenvalue weighted by atomic mass is 10.1. The fourth-order valence-electron chi connectivity index (χ4n) is 4.09. The first-order valence-corrected chi connectivity index (χ1v) is 16.5. The van der Waals surface area contributed by atoms with Gasteiger partial charge in [-0.05, 0) is 86.5 Å². The van der Waals surface area contributed by atoms with Crippen LogP contribution >= 0.6 is 39.1 Å². The minimum atomic E-state index is -4.19. The van der Waals surface area contributed by atoms with E-state index in [-0.39, 0.29) is 23.0 Å². The molecule has 0 radical (unpaired) electrons. The number of unbranched alkanes of at least 4 members (excludes halogenated alkanes) is 1. The van der Waals surface area contributed by atoms with E-state index >= 15 is 0 Å². The molecule has 0 aliphatic heterocycles. The topological polar surface area (TPSA) is 96.0 Å². The quantitative estimate of drug-likeness (QED) is 0.190. The van der Waals surface area contributed by atoms with Gasteiger partial charge in [-0.25, -0.2) is 8.42 Å². The number of carbonyl (C=O) groups excluding carboxylic acids is 2. The zero-order chi connectivity index (χ0) is 30.9. The van der Waals surface area contributed by atoms with Crippen LogP contribution < -0.4 is 14.4 Å². The Morgan fingerprint density at radius 2 is 1.67 bits per heavy atom. The van der Waals surface area contributed by atoms with Crippen molar-refractivity contribution in [3.63, 3.8) is 0 Å². The van der Waals surface area contributed by atoms with E-state index in [0.717, 1.165) is 17.1 Å². The Hall–Kier alpha value is -2.79. The first kappa shape index (κ1) is 33.7. The number of sulfonamides is 1. The number of rotatable bonds is 14. The lowest BCUT2D eigenvalue weighted by Gasteiger charge is -2.32. The molecule has 3 aromatic rings. The maximum absolute atomic E-state index is 14.0. The van der Waals surface area contributed by atoms with Gasteiger partial charge in [0.05, 0.1) is 17.2 Å². The van der Waals surface area contributed by atoms with Crippen molar-refractivity contribution in [2.75, 3.05) is 24.0 Å². The Morgan fingerprint density at radius 1 is 1.00 bits per heavy atom. The normalized spacial score (nSPS) is 12.0. The second kappa shape index (κ2) is 15.6. The van der Waals surface area contributed by atoms with Crippen molar-refractivity contribution < 1.29 is 22.7 Å². The molecule has 226 valence electrons. The van der Waals surface area contributed by atoms with Crippen LogP contribution in [0.3, 0.4) is 0 Å². The summed E-state index contributed by atoms with van der Waals surface area (Å²) in [6.45, 7) is 5.76. The van der Waals surface area contributed by atoms with E-state index in [2.05, 4.69) is 21.2 Å². The molecule has 12 heteroatoms. The predicted octanol–water partition coefficient (Wildman–Crippen LogP) is 6.68. The van der Waals surface area contributed by atoms with Crippen LogP contribution in [0.25, 0.3) is 0 Å². The average molecular weight is 699 g/mol. The molecule has 0 bridgehead atoms. The fraction of sp³-hybridized carbons (Fsp3) is 0.333. The van der Waals surface area contributed by atoms with Crippen molar-refractivity contribution in [3.8, 4) is 5.75 Å². The monoisotopic (exact) mass is 697 g/mol. The first-order valence-electron chi connectivity index (χ1n) is 13.5. The number of anilines is 1. The van der Waals surface area contributed by atoms with E-state index in [9.17, 15) is 18.0 Å². The fourth-order valence-corrected chi connectivity index (χ4v) is 6.24. The number of nitrogens with zero attached hydrogens (tertiary/aromatic N) is 2. The number of ether oxygens (including phenoxy) is 1. The number of hydrogen-bond acceptors (Lipinski definition) is 5. The molecule has 1 N–H and O–H groups in total. The van der Waals surface area contributed by atoms with Gasteiger partial charge in [0.25, 0.3) is 10.0 Å². The molecule has 0 heterocycles. The highest BCUT2D eigenvalue weighted by Gasteiger charge is 2.32. The maximum atomic E-state index is 14.0. The molecular weight excluding hydrogens is 665 g/mol. The minimum Gasteiger partial charge on any atom is -0.494 e. The molecule has 0 fully saturated rings. The molecular formula is C30H34BrCl2N3O5S. The second-order valence-corrected chi connectivity index (χ2v) is 13.1. The highest BCUT2D eigenvalue weighted by atomic mass is 79.9. The van der Waals surface area contributed by atoms with E-state index in [1.165, 1.54) is 17.0 Å². The summed E-state index contributed by atoms with van der Waals surface area (Å²) in [4.78, 5) is 28.4. The van der Waals surface area contributed by atoms with Gasteiger partial charge in [0.2, 0.25) is 11.8 Å². The zero-order valence-corrected chi connectivity index (χ0v) is 27.6. The van der Waals surface area contributed by atoms with Gasteiger partial charge in [0.15, 0.2) is 0 Å². The first-order chi connectivity index (χ1) is 20.0. The third-order valence-corrected chi connectivity index (χ3v) is 9.37. The smallest absolute Gasteiger partial charge is 0.264 e. The molecule has 0 saturated carbocycles. The average Bonchev–Trinajstić information content (AvgIpc) is 2.96. The summed E-state index contributed by atoms with van der Waals surface area (Å²) >= 11 is 15.8. The summed E-state index contributed by atoms with van der Waals surface area (Å²) in [5, 5.41) is 3.60. The van der Waals surface area contributed by atoms with Crippen LogP contribution in [0.1, 0.15) is 39.2 Å². The predicted molar refractivity (Wildman–Crippen MR) is 171 cm³/mol. The molecule has 0 spiro atoms. The van der Waals surface area contributed by atoms with Crippen molar-refractivity contribution in [1.29, 1.82) is 0 Å². The van der Waals surface area contributed by atoms with E-state index in [4.69, 9.17) is 27.9 Å². The Bertz CT molecular complexity index is 1470. The van der Waals surface area contributed by atoms with E-state index in [0.29, 0.717) is 39.0 Å². The van der Waals surface area contributed by atoms with E-state index < -0.39 is 28.5 Å². The van der Waals surface area contributed by atoms with Crippen molar-refractivity contribution in [3.05, 3.63) is 86.8 Å². The largest absolute Gasteiger partial charge is 0.494 e. The molecule has 0 aliphatic carbocycles. The highest BCUT2D eigenvalue weighted by molar-refractivity contribution is 9.10. The van der Waals surface area contributed by atoms with Crippen molar-refractivity contribution in [2.45, 2.75) is 51.1 Å². The molecule has 1 atom stereocenters. The number of hydrogen-bond donors (Lipinski definition) is 1. The van der Waals surface area contributed by atoms with Crippen LogP contribution in [-0.4, -0.2) is 50.9 Å². The molecule has 1 unspecified atom stereocenters. The van der Waals surface area contributed by atoms with E-state index in [1.54, 1.807) is 61.5 Å². The third kappa shape index (κ3) is 8.86. The van der Waals surface area contributed by atoms with Crippen LogP contribution in [0.5, 0.6) is 5.75 Å². The van der Waals surface area contributed by atoms with Crippen LogP contribution in [-0.2, 0) is 26.2 Å². The third-order valence-electron chi connectivity index (χ3n) is 6.47. The van der Waals surface area contributed by atoms with Gasteiger partial charge in [-0.1, -0.05) is 58.5 Å². The number of carbonyl (C=O) groups is 2. The molecule has 42 heavy (non-hydrogen) atoms. The van der Waals surface area contributed by atoms with Gasteiger partial charge in [-0.3, -0.25) is 13.9 Å². The van der Waals surface area contributed by atoms with Gasteiger partial charge >= 0.3 is 0 Å². The summed E-state index contributed by atoms with van der Waals surface area (Å²) < 4.78 is 35.1. The Morgan fingerprint density at radius 3 is 2.26 bits per heavy atom. The Labute approximate surface area is 266 Å². The number of halogens is 3. The summed E-state index contributed by atoms with van der Waals surface area (Å²) in [5.41, 5.74) is 0.824. The summed E-state index contributed by atoms with van der Waals surface area (Å²) in [7, 11) is -4.19. The van der Waals surface area contributed by atoms with Crippen LogP contribution in [0.2, 0.25) is 10.0 Å².